The highest BCUT2D eigenvalue weighted by Crippen LogP contribution is 2.73. The van der Waals surface area contributed by atoms with Gasteiger partial charge < -0.3 is 0 Å². The van der Waals surface area contributed by atoms with Crippen molar-refractivity contribution >= 4 is 36.7 Å². The highest BCUT2D eigenvalue weighted by Gasteiger charge is 2.40. The topological polar surface area (TPSA) is 51.0 Å². The second-order valence-corrected chi connectivity index (χ2v) is 14.3. The summed E-state index contributed by atoms with van der Waals surface area (Å²) in [6, 6.07) is 37.9. The molecule has 0 N–H and O–H groups in total. The van der Waals surface area contributed by atoms with Crippen LogP contribution in [0.4, 0.5) is 0 Å². The van der Waals surface area contributed by atoms with Gasteiger partial charge in [-0.25, -0.2) is 4.98 Å². The van der Waals surface area contributed by atoms with Gasteiger partial charge in [0, 0.05) is 51.2 Å². The number of aromatic nitrogens is 3. The van der Waals surface area contributed by atoms with Gasteiger partial charge in [0.25, 0.3) is 0 Å². The molecule has 0 unspecified atom stereocenters. The SMILES string of the molecule is CC.CC.CC.CS1(C)C(c2ccc(C3=NC=CC=C=C3)nc2)=C(c2ccccc2)C(c2ccccc2)=C1c1cccc(-c2ccccn2)n1. The van der Waals surface area contributed by atoms with E-state index in [2.05, 4.69) is 113 Å². The maximum absolute atomic E-state index is 5.26. The zero-order valence-electron chi connectivity index (χ0n) is 30.6. The Morgan fingerprint density at radius 2 is 1.12 bits per heavy atom. The zero-order chi connectivity index (χ0) is 35.9. The number of pyridine rings is 3. The van der Waals surface area contributed by atoms with E-state index < -0.39 is 10.0 Å². The minimum Gasteiger partial charge on any atom is -0.255 e. The molecule has 0 saturated heterocycles. The van der Waals surface area contributed by atoms with Gasteiger partial charge in [-0.1, -0.05) is 120 Å². The number of aliphatic imine (C=N–C) groups is 1. The summed E-state index contributed by atoms with van der Waals surface area (Å²) in [5.41, 5.74) is 13.3. The molecule has 7 rings (SSSR count). The van der Waals surface area contributed by atoms with E-state index >= 15 is 0 Å². The first kappa shape index (κ1) is 37.5. The summed E-state index contributed by atoms with van der Waals surface area (Å²) < 4.78 is 0. The molecule has 0 atom stereocenters. The van der Waals surface area contributed by atoms with Crippen LogP contribution in [-0.4, -0.2) is 33.2 Å². The van der Waals surface area contributed by atoms with Crippen LogP contribution >= 0.6 is 10.0 Å². The third-order valence-electron chi connectivity index (χ3n) is 7.76. The number of benzene rings is 2. The minimum absolute atomic E-state index is 0.788. The molecule has 2 aliphatic rings. The maximum atomic E-state index is 5.26. The van der Waals surface area contributed by atoms with Gasteiger partial charge in [0.1, 0.15) is 0 Å². The average molecular weight is 677 g/mol. The molecule has 4 nitrogen and oxygen atoms in total. The van der Waals surface area contributed by atoms with Crippen LogP contribution in [0.25, 0.3) is 32.3 Å². The van der Waals surface area contributed by atoms with E-state index in [-0.39, 0.29) is 0 Å². The van der Waals surface area contributed by atoms with Crippen LogP contribution in [0.2, 0.25) is 0 Å². The number of hydrogen-bond acceptors (Lipinski definition) is 4. The van der Waals surface area contributed by atoms with E-state index in [0.29, 0.717) is 0 Å². The standard InChI is InChI=1S/C39H30N4S.3C2H6/c1-44(2)38(30-23-24-33(42-27-30)31-19-10-5-12-25-40-31)36(28-15-6-3-7-16-28)37(29-17-8-4-9-18-29)39(44)35-22-14-21-34(43-35)32-20-11-13-26-41-32;3*1-2/h3-9,11-27H,1-2H3;3*1-2H3. The van der Waals surface area contributed by atoms with Gasteiger partial charge in [-0.05, 0) is 66.1 Å². The van der Waals surface area contributed by atoms with Gasteiger partial charge in [0.15, 0.2) is 0 Å². The predicted octanol–water partition coefficient (Wildman–Crippen LogP) is 12.2. The van der Waals surface area contributed by atoms with Crippen molar-refractivity contribution in [1.29, 1.82) is 0 Å². The zero-order valence-corrected chi connectivity index (χ0v) is 31.4. The van der Waals surface area contributed by atoms with Crippen LogP contribution in [0.5, 0.6) is 0 Å². The van der Waals surface area contributed by atoms with Gasteiger partial charge in [-0.15, -0.1) is 5.73 Å². The minimum atomic E-state index is -1.60. The number of nitrogens with zero attached hydrogens (tertiary/aromatic N) is 4. The Morgan fingerprint density at radius 1 is 0.520 bits per heavy atom. The molecule has 5 aromatic rings. The third kappa shape index (κ3) is 8.09. The summed E-state index contributed by atoms with van der Waals surface area (Å²) in [7, 11) is -1.60. The number of hydrogen-bond donors (Lipinski definition) is 0. The van der Waals surface area contributed by atoms with Crippen molar-refractivity contribution in [3.05, 3.63) is 180 Å². The van der Waals surface area contributed by atoms with Gasteiger partial charge in [-0.3, -0.25) is 15.0 Å². The molecule has 0 amide bonds. The Bertz CT molecular complexity index is 2030. The fraction of sp³-hybridized carbons (Fsp3) is 0.178. The van der Waals surface area contributed by atoms with E-state index in [4.69, 9.17) is 9.97 Å². The summed E-state index contributed by atoms with van der Waals surface area (Å²) in [5.74, 6) is 0. The van der Waals surface area contributed by atoms with E-state index in [1.54, 1.807) is 6.20 Å². The molecule has 2 aromatic carbocycles. The van der Waals surface area contributed by atoms with Crippen molar-refractivity contribution in [3.63, 3.8) is 0 Å². The van der Waals surface area contributed by atoms with Crippen LogP contribution in [0.1, 0.15) is 69.6 Å². The fourth-order valence-corrected chi connectivity index (χ4v) is 8.86. The van der Waals surface area contributed by atoms with E-state index in [0.717, 1.165) is 34.1 Å². The monoisotopic (exact) mass is 676 g/mol. The van der Waals surface area contributed by atoms with Crippen LogP contribution < -0.4 is 0 Å². The molecular formula is C45H48N4S. The van der Waals surface area contributed by atoms with Crippen molar-refractivity contribution in [2.24, 2.45) is 4.99 Å². The first-order valence-corrected chi connectivity index (χ1v) is 19.9. The number of rotatable bonds is 6. The lowest BCUT2D eigenvalue weighted by Crippen LogP contribution is -2.04. The molecule has 0 fully saturated rings. The van der Waals surface area contributed by atoms with Crippen LogP contribution in [0.15, 0.2) is 157 Å². The van der Waals surface area contributed by atoms with Crippen LogP contribution in [0, 0.1) is 0 Å². The Labute approximate surface area is 300 Å². The van der Waals surface area contributed by atoms with E-state index in [9.17, 15) is 0 Å². The lowest BCUT2D eigenvalue weighted by molar-refractivity contribution is 1.23. The maximum Gasteiger partial charge on any atom is 0.0962 e. The van der Waals surface area contributed by atoms with Gasteiger partial charge in [0.05, 0.1) is 28.5 Å². The van der Waals surface area contributed by atoms with Crippen molar-refractivity contribution in [2.75, 3.05) is 12.5 Å². The average Bonchev–Trinajstić information content (AvgIpc) is 3.33. The highest BCUT2D eigenvalue weighted by molar-refractivity contribution is 8.47. The fourth-order valence-electron chi connectivity index (χ4n) is 5.85. The summed E-state index contributed by atoms with van der Waals surface area (Å²) >= 11 is 0. The summed E-state index contributed by atoms with van der Waals surface area (Å²) in [5, 5.41) is 0. The molecule has 0 spiro atoms. The van der Waals surface area contributed by atoms with Crippen molar-refractivity contribution < 1.29 is 0 Å². The molecule has 0 aliphatic carbocycles. The normalized spacial score (nSPS) is 14.6. The second kappa shape index (κ2) is 18.4. The molecule has 5 heteroatoms. The Morgan fingerprint density at radius 3 is 1.72 bits per heavy atom. The quantitative estimate of drug-likeness (QED) is 0.168. The van der Waals surface area contributed by atoms with Gasteiger partial charge >= 0.3 is 0 Å². The van der Waals surface area contributed by atoms with Crippen molar-refractivity contribution in [3.8, 4) is 11.4 Å². The van der Waals surface area contributed by atoms with Crippen molar-refractivity contribution in [2.45, 2.75) is 41.5 Å². The Hall–Kier alpha value is -5.35. The summed E-state index contributed by atoms with van der Waals surface area (Å²) in [4.78, 5) is 21.9. The lowest BCUT2D eigenvalue weighted by Gasteiger charge is -2.34. The lowest BCUT2D eigenvalue weighted by atomic mass is 9.90. The molecule has 50 heavy (non-hydrogen) atoms. The molecule has 5 heterocycles. The van der Waals surface area contributed by atoms with Crippen LogP contribution in [-0.2, 0) is 0 Å². The molecule has 2 aliphatic heterocycles. The van der Waals surface area contributed by atoms with Crippen molar-refractivity contribution in [1.82, 2.24) is 15.0 Å². The Kier molecular flexibility index (Phi) is 13.8. The second-order valence-electron chi connectivity index (χ2n) is 10.9. The number of allylic oxidation sites excluding steroid dienone is 4. The van der Waals surface area contributed by atoms with E-state index in [1.807, 2.05) is 96.4 Å². The largest absolute Gasteiger partial charge is 0.255 e. The summed E-state index contributed by atoms with van der Waals surface area (Å²) in [6.45, 7) is 12.0. The molecule has 3 aromatic heterocycles. The summed E-state index contributed by atoms with van der Waals surface area (Å²) in [6.07, 6.45) is 15.9. The molecule has 254 valence electrons. The highest BCUT2D eigenvalue weighted by atomic mass is 32.3. The molecule has 0 bridgehead atoms. The molecule has 0 saturated carbocycles. The van der Waals surface area contributed by atoms with Gasteiger partial charge in [0.2, 0.25) is 0 Å². The van der Waals surface area contributed by atoms with Gasteiger partial charge in [-0.2, -0.15) is 10.0 Å². The first-order chi connectivity index (χ1) is 24.6. The predicted molar refractivity (Wildman–Crippen MR) is 220 cm³/mol. The Balaban J connectivity index is 0.000000890. The third-order valence-corrected chi connectivity index (χ3v) is 10.7. The van der Waals surface area contributed by atoms with E-state index in [1.165, 1.54) is 32.1 Å². The smallest absolute Gasteiger partial charge is 0.0962 e. The van der Waals surface area contributed by atoms with Crippen LogP contribution in [0.3, 0.4) is 0 Å². The molecule has 0 radical (unpaired) electrons. The first-order valence-electron chi connectivity index (χ1n) is 17.5. The molecular weight excluding hydrogens is 629 g/mol.